The summed E-state index contributed by atoms with van der Waals surface area (Å²) in [6, 6.07) is 0. The van der Waals surface area contributed by atoms with Gasteiger partial charge in [0.05, 0.1) is 6.10 Å². The third-order valence-electron chi connectivity index (χ3n) is 6.48. The van der Waals surface area contributed by atoms with Gasteiger partial charge in [-0.3, -0.25) is 0 Å². The summed E-state index contributed by atoms with van der Waals surface area (Å²) >= 11 is 0. The normalized spacial score (nSPS) is 31.0. The molecule has 2 N–H and O–H groups in total. The molecule has 0 aromatic heterocycles. The largest absolute Gasteiger partial charge is 0.396 e. The van der Waals surface area contributed by atoms with Crippen LogP contribution in [-0.4, -0.2) is 22.9 Å². The highest BCUT2D eigenvalue weighted by Gasteiger charge is 2.37. The van der Waals surface area contributed by atoms with Gasteiger partial charge in [0, 0.05) is 6.61 Å². The zero-order valence-corrected chi connectivity index (χ0v) is 14.0. The molecule has 0 aliphatic heterocycles. The van der Waals surface area contributed by atoms with Crippen LogP contribution in [0.4, 0.5) is 0 Å². The third-order valence-corrected chi connectivity index (χ3v) is 6.48. The summed E-state index contributed by atoms with van der Waals surface area (Å²) in [5.74, 6) is 1.66. The Labute approximate surface area is 131 Å². The molecule has 2 heteroatoms. The summed E-state index contributed by atoms with van der Waals surface area (Å²) in [5.41, 5.74) is 0.559. The number of hydrogen-bond acceptors (Lipinski definition) is 2. The first kappa shape index (κ1) is 17.3. The van der Waals surface area contributed by atoms with Crippen LogP contribution in [0.25, 0.3) is 0 Å². The number of unbranched alkanes of at least 4 members (excludes halogenated alkanes) is 1. The lowest BCUT2D eigenvalue weighted by atomic mass is 9.61. The molecule has 2 fully saturated rings. The Morgan fingerprint density at radius 1 is 1.00 bits per heavy atom. The van der Waals surface area contributed by atoms with Gasteiger partial charge in [-0.1, -0.05) is 32.6 Å². The maximum atomic E-state index is 9.68. The van der Waals surface area contributed by atoms with Gasteiger partial charge in [-0.05, 0) is 75.0 Å². The topological polar surface area (TPSA) is 40.5 Å². The highest BCUT2D eigenvalue weighted by atomic mass is 16.3. The molecule has 0 spiro atoms. The lowest BCUT2D eigenvalue weighted by Crippen LogP contribution is -2.33. The molecule has 2 rings (SSSR count). The predicted molar refractivity (Wildman–Crippen MR) is 88.2 cm³/mol. The summed E-state index contributed by atoms with van der Waals surface area (Å²) in [6.45, 7) is 2.85. The highest BCUT2D eigenvalue weighted by Crippen LogP contribution is 2.49. The van der Waals surface area contributed by atoms with Gasteiger partial charge in [0.2, 0.25) is 0 Å². The van der Waals surface area contributed by atoms with Crippen molar-refractivity contribution in [3.8, 4) is 0 Å². The molecule has 124 valence electrons. The van der Waals surface area contributed by atoms with Gasteiger partial charge in [-0.15, -0.1) is 0 Å². The Kier molecular flexibility index (Phi) is 7.01. The van der Waals surface area contributed by atoms with Crippen LogP contribution in [0.2, 0.25) is 0 Å². The Bertz CT molecular complexity index is 275. The Morgan fingerprint density at radius 2 is 1.67 bits per heavy atom. The first-order valence-electron chi connectivity index (χ1n) is 9.45. The average molecular weight is 296 g/mol. The minimum atomic E-state index is -0.0234. The van der Waals surface area contributed by atoms with Crippen LogP contribution in [0.15, 0.2) is 0 Å². The Morgan fingerprint density at radius 3 is 2.29 bits per heavy atom. The second-order valence-electron chi connectivity index (χ2n) is 7.92. The van der Waals surface area contributed by atoms with E-state index in [9.17, 15) is 5.11 Å². The predicted octanol–water partition coefficient (Wildman–Crippen LogP) is 4.68. The van der Waals surface area contributed by atoms with Crippen molar-refractivity contribution in [1.82, 2.24) is 0 Å². The quantitative estimate of drug-likeness (QED) is 0.670. The lowest BCUT2D eigenvalue weighted by molar-refractivity contribution is 0.0524. The third kappa shape index (κ3) is 4.96. The zero-order chi connectivity index (χ0) is 15.1. The maximum Gasteiger partial charge on any atom is 0.0540 e. The fourth-order valence-corrected chi connectivity index (χ4v) is 4.96. The standard InChI is InChI=1S/C19H36O2/c1-16(15-17-7-9-18(21)10-8-17)19(13-5-6-14-20)11-3-2-4-12-19/h16-18,20-21H,2-15H2,1H3. The van der Waals surface area contributed by atoms with Gasteiger partial charge in [0.15, 0.2) is 0 Å². The summed E-state index contributed by atoms with van der Waals surface area (Å²) in [7, 11) is 0. The fourth-order valence-electron chi connectivity index (χ4n) is 4.96. The molecule has 0 aromatic carbocycles. The molecule has 21 heavy (non-hydrogen) atoms. The van der Waals surface area contributed by atoms with Crippen molar-refractivity contribution in [3.63, 3.8) is 0 Å². The van der Waals surface area contributed by atoms with E-state index in [0.29, 0.717) is 12.0 Å². The molecular formula is C19H36O2. The zero-order valence-electron chi connectivity index (χ0n) is 14.0. The minimum absolute atomic E-state index is 0.0234. The van der Waals surface area contributed by atoms with E-state index < -0.39 is 0 Å². The number of aliphatic hydroxyl groups is 2. The van der Waals surface area contributed by atoms with Gasteiger partial charge in [-0.25, -0.2) is 0 Å². The molecule has 0 bridgehead atoms. The summed E-state index contributed by atoms with van der Waals surface area (Å²) in [5, 5.41) is 18.8. The number of hydrogen-bond donors (Lipinski definition) is 2. The van der Waals surface area contributed by atoms with E-state index in [4.69, 9.17) is 5.11 Å². The second kappa shape index (κ2) is 8.53. The van der Waals surface area contributed by atoms with Gasteiger partial charge >= 0.3 is 0 Å². The summed E-state index contributed by atoms with van der Waals surface area (Å²) in [6.07, 6.45) is 16.4. The van der Waals surface area contributed by atoms with Crippen molar-refractivity contribution in [1.29, 1.82) is 0 Å². The van der Waals surface area contributed by atoms with Gasteiger partial charge in [-0.2, -0.15) is 0 Å². The van der Waals surface area contributed by atoms with Crippen LogP contribution >= 0.6 is 0 Å². The van der Waals surface area contributed by atoms with Crippen molar-refractivity contribution >= 4 is 0 Å². The van der Waals surface area contributed by atoms with Gasteiger partial charge < -0.3 is 10.2 Å². The van der Waals surface area contributed by atoms with Gasteiger partial charge in [0.1, 0.15) is 0 Å². The SMILES string of the molecule is CC(CC1CCC(O)CC1)C1(CCCCO)CCCCC1. The Hall–Kier alpha value is -0.0800. The first-order valence-corrected chi connectivity index (χ1v) is 9.45. The summed E-state index contributed by atoms with van der Waals surface area (Å²) < 4.78 is 0. The lowest BCUT2D eigenvalue weighted by Gasteiger charge is -2.44. The Balaban J connectivity index is 1.88. The van der Waals surface area contributed by atoms with E-state index in [0.717, 1.165) is 31.1 Å². The first-order chi connectivity index (χ1) is 10.2. The van der Waals surface area contributed by atoms with Crippen molar-refractivity contribution in [3.05, 3.63) is 0 Å². The molecule has 0 aromatic rings. The minimum Gasteiger partial charge on any atom is -0.396 e. The van der Waals surface area contributed by atoms with Crippen molar-refractivity contribution in [2.75, 3.05) is 6.61 Å². The maximum absolute atomic E-state index is 9.68. The van der Waals surface area contributed by atoms with Crippen LogP contribution in [-0.2, 0) is 0 Å². The molecule has 1 unspecified atom stereocenters. The molecule has 0 saturated heterocycles. The molecular weight excluding hydrogens is 260 g/mol. The van der Waals surface area contributed by atoms with Crippen LogP contribution in [0.5, 0.6) is 0 Å². The molecule has 0 amide bonds. The van der Waals surface area contributed by atoms with E-state index in [1.54, 1.807) is 0 Å². The number of rotatable bonds is 7. The molecule has 0 heterocycles. The highest BCUT2D eigenvalue weighted by molar-refractivity contribution is 4.89. The van der Waals surface area contributed by atoms with E-state index in [1.807, 2.05) is 0 Å². The molecule has 0 radical (unpaired) electrons. The van der Waals surface area contributed by atoms with E-state index >= 15 is 0 Å². The van der Waals surface area contributed by atoms with E-state index in [-0.39, 0.29) is 6.10 Å². The average Bonchev–Trinajstić information content (AvgIpc) is 2.51. The van der Waals surface area contributed by atoms with Crippen LogP contribution in [0.3, 0.4) is 0 Å². The van der Waals surface area contributed by atoms with Crippen LogP contribution in [0, 0.1) is 17.3 Å². The van der Waals surface area contributed by atoms with Crippen molar-refractivity contribution < 1.29 is 10.2 Å². The van der Waals surface area contributed by atoms with E-state index in [1.165, 1.54) is 64.2 Å². The molecule has 2 aliphatic carbocycles. The molecule has 2 saturated carbocycles. The van der Waals surface area contributed by atoms with Crippen molar-refractivity contribution in [2.45, 2.75) is 96.5 Å². The number of aliphatic hydroxyl groups excluding tert-OH is 2. The van der Waals surface area contributed by atoms with E-state index in [2.05, 4.69) is 6.92 Å². The summed E-state index contributed by atoms with van der Waals surface area (Å²) in [4.78, 5) is 0. The van der Waals surface area contributed by atoms with Crippen molar-refractivity contribution in [2.24, 2.45) is 17.3 Å². The second-order valence-corrected chi connectivity index (χ2v) is 7.92. The monoisotopic (exact) mass is 296 g/mol. The van der Waals surface area contributed by atoms with Crippen LogP contribution in [0.1, 0.15) is 90.4 Å². The van der Waals surface area contributed by atoms with Crippen LogP contribution < -0.4 is 0 Å². The molecule has 1 atom stereocenters. The molecule has 2 nitrogen and oxygen atoms in total. The molecule has 2 aliphatic rings. The van der Waals surface area contributed by atoms with Gasteiger partial charge in [0.25, 0.3) is 0 Å². The fraction of sp³-hybridized carbons (Fsp3) is 1.00. The smallest absolute Gasteiger partial charge is 0.0540 e.